The van der Waals surface area contributed by atoms with Crippen molar-refractivity contribution in [2.45, 2.75) is 82.6 Å². The number of ether oxygens (including phenoxy) is 1. The topological polar surface area (TPSA) is 188 Å². The summed E-state index contributed by atoms with van der Waals surface area (Å²) in [5, 5.41) is 45.5. The highest BCUT2D eigenvalue weighted by molar-refractivity contribution is 6.01. The number of ketones is 2. The van der Waals surface area contributed by atoms with Crippen LogP contribution in [-0.4, -0.2) is 74.2 Å². The van der Waals surface area contributed by atoms with E-state index in [-0.39, 0.29) is 36.4 Å². The molecule has 1 aromatic rings. The van der Waals surface area contributed by atoms with E-state index < -0.39 is 77.8 Å². The van der Waals surface area contributed by atoms with Gasteiger partial charge in [-0.2, -0.15) is 0 Å². The second-order valence-corrected chi connectivity index (χ2v) is 13.4. The van der Waals surface area contributed by atoms with Crippen LogP contribution in [0.15, 0.2) is 54.1 Å². The van der Waals surface area contributed by atoms with E-state index in [0.717, 1.165) is 12.0 Å². The van der Waals surface area contributed by atoms with Gasteiger partial charge in [0.1, 0.15) is 11.7 Å². The number of allylic oxidation sites excluding steroid dienone is 4. The van der Waals surface area contributed by atoms with Gasteiger partial charge in [0.2, 0.25) is 11.7 Å². The normalized spacial score (nSPS) is 34.8. The number of rotatable bonds is 10. The van der Waals surface area contributed by atoms with Gasteiger partial charge in [0, 0.05) is 23.2 Å². The predicted molar refractivity (Wildman–Crippen MR) is 159 cm³/mol. The van der Waals surface area contributed by atoms with E-state index in [2.05, 4.69) is 5.32 Å². The molecule has 5 rings (SSSR count). The molecule has 4 aliphatic carbocycles. The van der Waals surface area contributed by atoms with Gasteiger partial charge in [-0.1, -0.05) is 55.8 Å². The van der Waals surface area contributed by atoms with Gasteiger partial charge in [-0.25, -0.2) is 4.79 Å². The van der Waals surface area contributed by atoms with Crippen molar-refractivity contribution in [3.63, 3.8) is 0 Å². The quantitative estimate of drug-likeness (QED) is 0.242. The smallest absolute Gasteiger partial charge is 0.329 e. The SMILES string of the molecule is C[C@]12C=CC(=O)C=C1CC[C@H]1[C@H]2[C@@H](O)C[C@@]2(C)[C@H]1CC[C@]2(O)C(=O)COC(=O)CCC(=O)N[C@H](C(=O)O)[C@@H](O)c1ccccc1. The molecule has 4 aliphatic rings. The van der Waals surface area contributed by atoms with Crippen molar-refractivity contribution in [2.75, 3.05) is 6.61 Å². The zero-order valence-corrected chi connectivity index (χ0v) is 25.5. The van der Waals surface area contributed by atoms with Gasteiger partial charge >= 0.3 is 11.9 Å². The molecule has 0 spiro atoms. The molecule has 9 atom stereocenters. The van der Waals surface area contributed by atoms with Crippen LogP contribution in [0.25, 0.3) is 0 Å². The number of carbonyl (C=O) groups is 5. The number of hydrogen-bond acceptors (Lipinski definition) is 9. The van der Waals surface area contributed by atoms with Crippen molar-refractivity contribution < 1.29 is 49.1 Å². The van der Waals surface area contributed by atoms with Gasteiger partial charge in [-0.05, 0) is 61.7 Å². The number of carboxylic acids is 1. The third-order valence-electron chi connectivity index (χ3n) is 11.1. The van der Waals surface area contributed by atoms with Crippen LogP contribution in [0, 0.1) is 28.6 Å². The van der Waals surface area contributed by atoms with E-state index in [0.29, 0.717) is 18.4 Å². The summed E-state index contributed by atoms with van der Waals surface area (Å²) in [6.45, 7) is 3.16. The Hall–Kier alpha value is -3.67. The maximum absolute atomic E-state index is 13.5. The van der Waals surface area contributed by atoms with Crippen LogP contribution in [0.1, 0.15) is 70.5 Å². The second-order valence-electron chi connectivity index (χ2n) is 13.4. The van der Waals surface area contributed by atoms with Crippen molar-refractivity contribution in [1.29, 1.82) is 0 Å². The molecule has 3 saturated carbocycles. The van der Waals surface area contributed by atoms with Crippen molar-refractivity contribution in [2.24, 2.45) is 28.6 Å². The molecule has 11 nitrogen and oxygen atoms in total. The first-order valence-electron chi connectivity index (χ1n) is 15.5. The molecule has 5 N–H and O–H groups in total. The lowest BCUT2D eigenvalue weighted by Crippen LogP contribution is -2.61. The molecule has 242 valence electrons. The Morgan fingerprint density at radius 3 is 2.49 bits per heavy atom. The zero-order valence-electron chi connectivity index (χ0n) is 25.5. The third-order valence-corrected chi connectivity index (χ3v) is 11.1. The fourth-order valence-corrected chi connectivity index (χ4v) is 8.71. The Labute approximate surface area is 261 Å². The van der Waals surface area contributed by atoms with E-state index in [1.807, 2.05) is 19.9 Å². The molecule has 0 unspecified atom stereocenters. The van der Waals surface area contributed by atoms with Gasteiger partial charge in [-0.3, -0.25) is 19.2 Å². The lowest BCUT2D eigenvalue weighted by Gasteiger charge is -2.59. The van der Waals surface area contributed by atoms with Crippen LogP contribution in [-0.2, 0) is 28.7 Å². The molecule has 11 heteroatoms. The monoisotopic (exact) mass is 623 g/mol. The zero-order chi connectivity index (χ0) is 32.7. The van der Waals surface area contributed by atoms with Crippen LogP contribution < -0.4 is 5.32 Å². The Morgan fingerprint density at radius 2 is 1.80 bits per heavy atom. The summed E-state index contributed by atoms with van der Waals surface area (Å²) in [5.41, 5.74) is -1.94. The first kappa shape index (κ1) is 32.7. The highest BCUT2D eigenvalue weighted by atomic mass is 16.5. The molecule has 0 heterocycles. The molecule has 0 aliphatic heterocycles. The number of Topliss-reactive ketones (excluding diaryl/α,β-unsaturated/α-hetero) is 1. The number of aliphatic hydroxyl groups is 3. The second kappa shape index (κ2) is 12.3. The summed E-state index contributed by atoms with van der Waals surface area (Å²) >= 11 is 0. The molecule has 0 saturated heterocycles. The van der Waals surface area contributed by atoms with E-state index in [9.17, 15) is 44.4 Å². The van der Waals surface area contributed by atoms with Crippen LogP contribution in [0.3, 0.4) is 0 Å². The molecule has 0 radical (unpaired) electrons. The summed E-state index contributed by atoms with van der Waals surface area (Å²) in [4.78, 5) is 62.1. The van der Waals surface area contributed by atoms with E-state index in [1.54, 1.807) is 30.4 Å². The molecular formula is C34H41NO10. The van der Waals surface area contributed by atoms with E-state index in [1.165, 1.54) is 12.1 Å². The Kier molecular flexibility index (Phi) is 8.91. The lowest BCUT2D eigenvalue weighted by atomic mass is 9.46. The first-order valence-corrected chi connectivity index (χ1v) is 15.5. The number of aliphatic hydroxyl groups excluding tert-OH is 2. The summed E-state index contributed by atoms with van der Waals surface area (Å²) in [6.07, 6.45) is 4.24. The molecule has 3 fully saturated rings. The maximum Gasteiger partial charge on any atom is 0.329 e. The molecule has 0 bridgehead atoms. The number of benzene rings is 1. The van der Waals surface area contributed by atoms with Gasteiger partial charge in [0.05, 0.1) is 12.5 Å². The van der Waals surface area contributed by atoms with Crippen LogP contribution >= 0.6 is 0 Å². The standard InChI is InChI=1S/C34H41NO10/c1-32-14-12-21(36)16-20(32)8-9-22-23-13-15-34(44,33(23,2)17-24(37)28(22)32)25(38)18-45-27(40)11-10-26(39)35-29(31(42)43)30(41)19-6-4-3-5-7-19/h3-7,12,14,16,22-24,28-30,37,41,44H,8-11,13,15,17-18H2,1-2H3,(H,35,39)(H,42,43)/t22-,23+,24+,28+,29+,30+,32+,33+,34+/m1/s1. The lowest BCUT2D eigenvalue weighted by molar-refractivity contribution is -0.181. The summed E-state index contributed by atoms with van der Waals surface area (Å²) in [7, 11) is 0. The number of nitrogens with one attached hydrogen (secondary N) is 1. The minimum absolute atomic E-state index is 0.0247. The highest BCUT2D eigenvalue weighted by Gasteiger charge is 2.68. The Bertz CT molecular complexity index is 1440. The predicted octanol–water partition coefficient (Wildman–Crippen LogP) is 2.19. The highest BCUT2D eigenvalue weighted by Crippen LogP contribution is 2.67. The minimum Gasteiger partial charge on any atom is -0.480 e. The molecule has 1 aromatic carbocycles. The van der Waals surface area contributed by atoms with E-state index >= 15 is 0 Å². The van der Waals surface area contributed by atoms with Gasteiger partial charge in [0.25, 0.3) is 0 Å². The number of carbonyl (C=O) groups excluding carboxylic acids is 4. The summed E-state index contributed by atoms with van der Waals surface area (Å²) in [6, 6.07) is 6.34. The largest absolute Gasteiger partial charge is 0.480 e. The van der Waals surface area contributed by atoms with Crippen LogP contribution in [0.5, 0.6) is 0 Å². The number of hydrogen-bond donors (Lipinski definition) is 5. The van der Waals surface area contributed by atoms with Crippen molar-refractivity contribution in [3.8, 4) is 0 Å². The molecule has 45 heavy (non-hydrogen) atoms. The van der Waals surface area contributed by atoms with Gasteiger partial charge in [-0.15, -0.1) is 0 Å². The minimum atomic E-state index is -1.82. The maximum atomic E-state index is 13.5. The fourth-order valence-electron chi connectivity index (χ4n) is 8.71. The summed E-state index contributed by atoms with van der Waals surface area (Å²) < 4.78 is 5.15. The molecule has 1 amide bonds. The van der Waals surface area contributed by atoms with Gasteiger partial charge < -0.3 is 30.5 Å². The van der Waals surface area contributed by atoms with Crippen LogP contribution in [0.4, 0.5) is 0 Å². The number of aliphatic carboxylic acids is 1. The number of fused-ring (bicyclic) bond motifs is 5. The number of amides is 1. The number of esters is 1. The van der Waals surface area contributed by atoms with E-state index in [4.69, 9.17) is 4.74 Å². The molecule has 0 aromatic heterocycles. The number of carboxylic acid groups (broad SMARTS) is 1. The Morgan fingerprint density at radius 1 is 1.09 bits per heavy atom. The third kappa shape index (κ3) is 5.77. The van der Waals surface area contributed by atoms with Crippen molar-refractivity contribution in [1.82, 2.24) is 5.32 Å². The summed E-state index contributed by atoms with van der Waals surface area (Å²) in [5.74, 6) is -4.04. The van der Waals surface area contributed by atoms with Crippen molar-refractivity contribution >= 4 is 29.4 Å². The molecular weight excluding hydrogens is 582 g/mol. The average molecular weight is 624 g/mol. The van der Waals surface area contributed by atoms with Crippen LogP contribution in [0.2, 0.25) is 0 Å². The van der Waals surface area contributed by atoms with Gasteiger partial charge in [0.15, 0.2) is 18.4 Å². The average Bonchev–Trinajstić information content (AvgIpc) is 3.28. The fraction of sp³-hybridized carbons (Fsp3) is 0.559. The van der Waals surface area contributed by atoms with Crippen molar-refractivity contribution in [3.05, 3.63) is 59.7 Å². The Balaban J connectivity index is 1.17. The first-order chi connectivity index (χ1) is 21.2.